The minimum atomic E-state index is -0.306. The number of hydrogen-bond acceptors (Lipinski definition) is 6. The molecule has 0 saturated carbocycles. The Morgan fingerprint density at radius 1 is 0.800 bits per heavy atom. The highest BCUT2D eigenvalue weighted by atomic mass is 79.9. The van der Waals surface area contributed by atoms with Crippen LogP contribution in [0.4, 0.5) is 0 Å². The molecule has 0 spiro atoms. The lowest BCUT2D eigenvalue weighted by Crippen LogP contribution is -2.20. The molecule has 8 nitrogen and oxygen atoms in total. The molecule has 0 aliphatic rings. The van der Waals surface area contributed by atoms with Gasteiger partial charge in [-0.2, -0.15) is 10.2 Å². The zero-order chi connectivity index (χ0) is 25.5. The second-order valence-corrected chi connectivity index (χ2v) is 8.83. The number of hydrazone groups is 2. The standard InChI is InChI=1S/C25H26Br2N4O4/c1-3-12-34-22-10-8-20(26)14-18(22)16-28-30-24(32)6-5-7-25(33)31-29-17-19-15-21(27)9-11-23(19)35-13-4-2/h3-4,8-11,14-17H,1-2,5-7,12-13H2,(H,30,32)(H,31,33)/b28-16+,29-17+. The summed E-state index contributed by atoms with van der Waals surface area (Å²) in [6.07, 6.45) is 6.90. The van der Waals surface area contributed by atoms with Gasteiger partial charge in [-0.3, -0.25) is 9.59 Å². The molecule has 0 aromatic heterocycles. The van der Waals surface area contributed by atoms with Crippen LogP contribution in [0, 0.1) is 0 Å². The minimum Gasteiger partial charge on any atom is -0.489 e. The van der Waals surface area contributed by atoms with Gasteiger partial charge in [0.25, 0.3) is 0 Å². The van der Waals surface area contributed by atoms with E-state index in [1.165, 1.54) is 12.4 Å². The first-order valence-electron chi connectivity index (χ1n) is 10.6. The lowest BCUT2D eigenvalue weighted by molar-refractivity contribution is -0.122. The molecular formula is C25H26Br2N4O4. The summed E-state index contributed by atoms with van der Waals surface area (Å²) >= 11 is 6.79. The molecule has 2 aromatic rings. The first-order chi connectivity index (χ1) is 16.9. The van der Waals surface area contributed by atoms with E-state index in [0.29, 0.717) is 42.3 Å². The van der Waals surface area contributed by atoms with E-state index in [1.54, 1.807) is 24.3 Å². The lowest BCUT2D eigenvalue weighted by Gasteiger charge is -2.07. The fourth-order valence-corrected chi connectivity index (χ4v) is 3.43. The number of nitrogens with zero attached hydrogens (tertiary/aromatic N) is 2. The molecule has 2 amide bonds. The number of benzene rings is 2. The number of rotatable bonds is 14. The Balaban J connectivity index is 1.76. The molecule has 2 aromatic carbocycles. The summed E-state index contributed by atoms with van der Waals surface area (Å²) in [5, 5.41) is 7.94. The van der Waals surface area contributed by atoms with Crippen LogP contribution in [-0.2, 0) is 9.59 Å². The molecule has 184 valence electrons. The van der Waals surface area contributed by atoms with Gasteiger partial charge >= 0.3 is 0 Å². The normalized spacial score (nSPS) is 10.8. The van der Waals surface area contributed by atoms with Gasteiger partial charge in [0.15, 0.2) is 0 Å². The van der Waals surface area contributed by atoms with Gasteiger partial charge in [-0.1, -0.05) is 57.2 Å². The van der Waals surface area contributed by atoms with Gasteiger partial charge in [0, 0.05) is 32.9 Å². The Labute approximate surface area is 221 Å². The van der Waals surface area contributed by atoms with E-state index in [2.05, 4.69) is 66.1 Å². The van der Waals surface area contributed by atoms with Crippen LogP contribution in [0.25, 0.3) is 0 Å². The maximum atomic E-state index is 12.0. The Kier molecular flexibility index (Phi) is 12.5. The monoisotopic (exact) mass is 604 g/mol. The molecule has 0 atom stereocenters. The van der Waals surface area contributed by atoms with E-state index in [-0.39, 0.29) is 24.7 Å². The number of amides is 2. The molecule has 0 aliphatic heterocycles. The second kappa shape index (κ2) is 15.6. The Hall–Kier alpha value is -3.24. The summed E-state index contributed by atoms with van der Waals surface area (Å²) in [5.41, 5.74) is 6.30. The molecule has 0 aliphatic carbocycles. The van der Waals surface area contributed by atoms with Crippen molar-refractivity contribution < 1.29 is 19.1 Å². The van der Waals surface area contributed by atoms with Crippen molar-refractivity contribution in [3.63, 3.8) is 0 Å². The van der Waals surface area contributed by atoms with Crippen molar-refractivity contribution in [2.24, 2.45) is 10.2 Å². The van der Waals surface area contributed by atoms with Crippen LogP contribution in [0.2, 0.25) is 0 Å². The summed E-state index contributed by atoms with van der Waals surface area (Å²) in [5.74, 6) is 0.620. The highest BCUT2D eigenvalue weighted by Gasteiger charge is 2.06. The van der Waals surface area contributed by atoms with Gasteiger partial charge in [-0.15, -0.1) is 0 Å². The molecule has 2 N–H and O–H groups in total. The van der Waals surface area contributed by atoms with Gasteiger partial charge < -0.3 is 9.47 Å². The maximum Gasteiger partial charge on any atom is 0.240 e. The van der Waals surface area contributed by atoms with Crippen molar-refractivity contribution in [2.45, 2.75) is 19.3 Å². The zero-order valence-corrected chi connectivity index (χ0v) is 22.2. The molecule has 0 saturated heterocycles. The molecule has 2 rings (SSSR count). The lowest BCUT2D eigenvalue weighted by atomic mass is 10.2. The van der Waals surface area contributed by atoms with E-state index >= 15 is 0 Å². The Bertz CT molecular complexity index is 1020. The van der Waals surface area contributed by atoms with Crippen LogP contribution in [-0.4, -0.2) is 37.5 Å². The van der Waals surface area contributed by atoms with E-state index in [9.17, 15) is 9.59 Å². The van der Waals surface area contributed by atoms with Gasteiger partial charge in [-0.25, -0.2) is 10.9 Å². The summed E-state index contributed by atoms with van der Waals surface area (Å²) in [7, 11) is 0. The van der Waals surface area contributed by atoms with E-state index < -0.39 is 0 Å². The van der Waals surface area contributed by atoms with Crippen LogP contribution in [0.1, 0.15) is 30.4 Å². The smallest absolute Gasteiger partial charge is 0.240 e. The number of carbonyl (C=O) groups excluding carboxylic acids is 2. The quantitative estimate of drug-likeness (QED) is 0.177. The number of carbonyl (C=O) groups is 2. The predicted octanol–water partition coefficient (Wildman–Crippen LogP) is 5.11. The van der Waals surface area contributed by atoms with E-state index in [4.69, 9.17) is 9.47 Å². The molecule has 0 unspecified atom stereocenters. The highest BCUT2D eigenvalue weighted by Crippen LogP contribution is 2.22. The zero-order valence-electron chi connectivity index (χ0n) is 19.0. The van der Waals surface area contributed by atoms with Gasteiger partial charge in [0.2, 0.25) is 11.8 Å². The SMILES string of the molecule is C=CCOc1ccc(Br)cc1/C=N/NC(=O)CCCC(=O)N/N=C/c1cc(Br)ccc1OCC=C. The molecule has 0 heterocycles. The van der Waals surface area contributed by atoms with E-state index in [0.717, 1.165) is 8.95 Å². The summed E-state index contributed by atoms with van der Waals surface area (Å²) in [6, 6.07) is 10.9. The topological polar surface area (TPSA) is 101 Å². The van der Waals surface area contributed by atoms with Gasteiger partial charge in [0.1, 0.15) is 24.7 Å². The van der Waals surface area contributed by atoms with Crippen molar-refractivity contribution in [2.75, 3.05) is 13.2 Å². The van der Waals surface area contributed by atoms with Crippen LogP contribution < -0.4 is 20.3 Å². The number of hydrogen-bond donors (Lipinski definition) is 2. The van der Waals surface area contributed by atoms with Crippen molar-refractivity contribution in [3.8, 4) is 11.5 Å². The summed E-state index contributed by atoms with van der Waals surface area (Å²) in [4.78, 5) is 24.1. The average Bonchev–Trinajstić information content (AvgIpc) is 2.83. The van der Waals surface area contributed by atoms with Crippen LogP contribution in [0.3, 0.4) is 0 Å². The summed E-state index contributed by atoms with van der Waals surface area (Å²) < 4.78 is 12.8. The first kappa shape index (κ1) is 28.0. The van der Waals surface area contributed by atoms with Crippen molar-refractivity contribution in [1.29, 1.82) is 0 Å². The summed E-state index contributed by atoms with van der Waals surface area (Å²) in [6.45, 7) is 7.96. The highest BCUT2D eigenvalue weighted by molar-refractivity contribution is 9.10. The fourth-order valence-electron chi connectivity index (χ4n) is 2.67. The average molecular weight is 606 g/mol. The molecule has 0 bridgehead atoms. The van der Waals surface area contributed by atoms with Gasteiger partial charge in [0.05, 0.1) is 12.4 Å². The van der Waals surface area contributed by atoms with Crippen molar-refractivity contribution >= 4 is 56.1 Å². The largest absolute Gasteiger partial charge is 0.489 e. The van der Waals surface area contributed by atoms with Gasteiger partial charge in [-0.05, 0) is 42.8 Å². The van der Waals surface area contributed by atoms with Crippen LogP contribution >= 0.6 is 31.9 Å². The third-order valence-corrected chi connectivity index (χ3v) is 5.24. The second-order valence-electron chi connectivity index (χ2n) is 7.00. The fraction of sp³-hybridized carbons (Fsp3) is 0.200. The molecule has 0 radical (unpaired) electrons. The van der Waals surface area contributed by atoms with Crippen LogP contribution in [0.5, 0.6) is 11.5 Å². The third-order valence-electron chi connectivity index (χ3n) is 4.25. The first-order valence-corrected chi connectivity index (χ1v) is 12.2. The Morgan fingerprint density at radius 3 is 1.63 bits per heavy atom. The predicted molar refractivity (Wildman–Crippen MR) is 145 cm³/mol. The Morgan fingerprint density at radius 2 is 1.23 bits per heavy atom. The minimum absolute atomic E-state index is 0.137. The van der Waals surface area contributed by atoms with Crippen molar-refractivity contribution in [3.05, 3.63) is 81.8 Å². The molecular weight excluding hydrogens is 580 g/mol. The molecule has 0 fully saturated rings. The number of ether oxygens (including phenoxy) is 2. The number of nitrogens with one attached hydrogen (secondary N) is 2. The number of halogens is 2. The van der Waals surface area contributed by atoms with E-state index in [1.807, 2.05) is 24.3 Å². The third kappa shape index (κ3) is 10.7. The maximum absolute atomic E-state index is 12.0. The van der Waals surface area contributed by atoms with Crippen LogP contribution in [0.15, 0.2) is 80.9 Å². The van der Waals surface area contributed by atoms with Crippen molar-refractivity contribution in [1.82, 2.24) is 10.9 Å². The molecule has 35 heavy (non-hydrogen) atoms. The molecule has 10 heteroatoms.